The van der Waals surface area contributed by atoms with Gasteiger partial charge in [0, 0.05) is 32.2 Å². The second kappa shape index (κ2) is 10.3. The summed E-state index contributed by atoms with van der Waals surface area (Å²) in [6.07, 6.45) is 2.77. The maximum atomic E-state index is 5.54. The Morgan fingerprint density at radius 3 is 2.65 bits per heavy atom. The highest BCUT2D eigenvalue weighted by molar-refractivity contribution is 7.13. The monoisotopic (exact) mass is 377 g/mol. The number of hydrogen-bond acceptors (Lipinski definition) is 5. The molecular weight excluding hydrogens is 346 g/mol. The van der Waals surface area contributed by atoms with Crippen LogP contribution in [0, 0.1) is 0 Å². The zero-order chi connectivity index (χ0) is 18.9. The van der Waals surface area contributed by atoms with Gasteiger partial charge in [-0.3, -0.25) is 9.89 Å². The van der Waals surface area contributed by atoms with Crippen molar-refractivity contribution in [3.63, 3.8) is 0 Å². The summed E-state index contributed by atoms with van der Waals surface area (Å²) in [5.74, 6) is 1.45. The Hall–Kier alpha value is -1.86. The van der Waals surface area contributed by atoms with E-state index in [2.05, 4.69) is 53.2 Å². The van der Waals surface area contributed by atoms with E-state index in [0.717, 1.165) is 36.0 Å². The molecular formula is C19H31N5OS. The number of aromatic nitrogens is 1. The second-order valence-electron chi connectivity index (χ2n) is 6.75. The maximum Gasteiger partial charge on any atom is 0.236 e. The van der Waals surface area contributed by atoms with E-state index >= 15 is 0 Å². The van der Waals surface area contributed by atoms with E-state index in [1.165, 1.54) is 0 Å². The summed E-state index contributed by atoms with van der Waals surface area (Å²) >= 11 is 1.62. The lowest BCUT2D eigenvalue weighted by Crippen LogP contribution is -2.41. The molecule has 26 heavy (non-hydrogen) atoms. The van der Waals surface area contributed by atoms with Gasteiger partial charge in [0.05, 0.1) is 17.1 Å². The zero-order valence-corrected chi connectivity index (χ0v) is 17.3. The molecule has 0 saturated carbocycles. The smallest absolute Gasteiger partial charge is 0.236 e. The molecule has 2 aromatic rings. The summed E-state index contributed by atoms with van der Waals surface area (Å²) in [6, 6.07) is 5.13. The lowest BCUT2D eigenvalue weighted by molar-refractivity contribution is 0.173. The van der Waals surface area contributed by atoms with E-state index in [1.54, 1.807) is 24.6 Å². The molecule has 0 radical (unpaired) electrons. The number of rotatable bonds is 9. The van der Waals surface area contributed by atoms with Crippen LogP contribution in [0.25, 0.3) is 10.8 Å². The molecule has 2 aromatic heterocycles. The molecule has 0 aliphatic heterocycles. The van der Waals surface area contributed by atoms with Crippen LogP contribution in [0.2, 0.25) is 0 Å². The molecule has 7 heteroatoms. The minimum absolute atomic E-state index is 0.567. The first-order valence-electron chi connectivity index (χ1n) is 9.19. The van der Waals surface area contributed by atoms with E-state index in [0.29, 0.717) is 24.5 Å². The molecule has 0 atom stereocenters. The summed E-state index contributed by atoms with van der Waals surface area (Å²) in [4.78, 5) is 12.3. The van der Waals surface area contributed by atoms with Crippen molar-refractivity contribution in [3.05, 3.63) is 29.5 Å². The van der Waals surface area contributed by atoms with Crippen LogP contribution in [0.1, 0.15) is 39.8 Å². The van der Waals surface area contributed by atoms with Crippen LogP contribution in [-0.4, -0.2) is 48.1 Å². The van der Waals surface area contributed by atoms with E-state index in [-0.39, 0.29) is 0 Å². The predicted octanol–water partition coefficient (Wildman–Crippen LogP) is 3.58. The molecule has 0 aliphatic carbocycles. The van der Waals surface area contributed by atoms with E-state index < -0.39 is 0 Å². The van der Waals surface area contributed by atoms with Gasteiger partial charge in [-0.15, -0.1) is 11.3 Å². The molecule has 0 bridgehead atoms. The fraction of sp³-hybridized carbons (Fsp3) is 0.579. The van der Waals surface area contributed by atoms with Gasteiger partial charge in [0.25, 0.3) is 0 Å². The summed E-state index contributed by atoms with van der Waals surface area (Å²) < 4.78 is 5.54. The lowest BCUT2D eigenvalue weighted by atomic mass is 10.2. The second-order valence-corrected chi connectivity index (χ2v) is 7.70. The van der Waals surface area contributed by atoms with E-state index in [4.69, 9.17) is 4.42 Å². The Morgan fingerprint density at radius 1 is 1.27 bits per heavy atom. The van der Waals surface area contributed by atoms with Gasteiger partial charge in [0.1, 0.15) is 6.26 Å². The van der Waals surface area contributed by atoms with Crippen molar-refractivity contribution in [1.82, 2.24) is 20.5 Å². The van der Waals surface area contributed by atoms with Crippen LogP contribution in [0.5, 0.6) is 0 Å². The van der Waals surface area contributed by atoms with Gasteiger partial charge in [-0.1, -0.05) is 6.07 Å². The summed E-state index contributed by atoms with van der Waals surface area (Å²) in [6.45, 7) is 11.5. The molecule has 0 aromatic carbocycles. The highest BCUT2D eigenvalue weighted by Gasteiger charge is 2.12. The highest BCUT2D eigenvalue weighted by Crippen LogP contribution is 2.23. The molecule has 144 valence electrons. The van der Waals surface area contributed by atoms with E-state index in [1.807, 2.05) is 17.5 Å². The van der Waals surface area contributed by atoms with Crippen molar-refractivity contribution in [1.29, 1.82) is 0 Å². The van der Waals surface area contributed by atoms with Gasteiger partial charge in [-0.05, 0) is 45.6 Å². The Kier molecular flexibility index (Phi) is 8.12. The van der Waals surface area contributed by atoms with Gasteiger partial charge >= 0.3 is 0 Å². The molecule has 0 amide bonds. The van der Waals surface area contributed by atoms with E-state index in [9.17, 15) is 0 Å². The minimum Gasteiger partial charge on any atom is -0.443 e. The summed E-state index contributed by atoms with van der Waals surface area (Å²) in [5, 5.41) is 8.66. The number of hydrogen-bond donors (Lipinski definition) is 2. The summed E-state index contributed by atoms with van der Waals surface area (Å²) in [5.41, 5.74) is 0.863. The first-order valence-corrected chi connectivity index (χ1v) is 10.1. The van der Waals surface area contributed by atoms with Gasteiger partial charge in [-0.25, -0.2) is 4.98 Å². The lowest BCUT2D eigenvalue weighted by Gasteiger charge is -2.30. The number of aliphatic imine (C=N–C) groups is 1. The molecule has 2 rings (SSSR count). The van der Waals surface area contributed by atoms with Gasteiger partial charge < -0.3 is 15.1 Å². The average Bonchev–Trinajstić information content (AvgIpc) is 3.27. The van der Waals surface area contributed by atoms with Crippen molar-refractivity contribution in [2.75, 3.05) is 20.1 Å². The van der Waals surface area contributed by atoms with Crippen molar-refractivity contribution in [2.45, 2.75) is 52.7 Å². The number of guanidine groups is 1. The molecule has 2 heterocycles. The number of nitrogens with one attached hydrogen (secondary N) is 2. The largest absolute Gasteiger partial charge is 0.443 e. The van der Waals surface area contributed by atoms with Crippen molar-refractivity contribution >= 4 is 17.3 Å². The topological polar surface area (TPSA) is 65.7 Å². The van der Waals surface area contributed by atoms with Crippen LogP contribution in [0.3, 0.4) is 0 Å². The molecule has 0 fully saturated rings. The normalized spacial score (nSPS) is 12.4. The van der Waals surface area contributed by atoms with Crippen LogP contribution in [0.15, 0.2) is 33.2 Å². The first kappa shape index (κ1) is 20.5. The Balaban J connectivity index is 1.73. The molecule has 0 spiro atoms. The third-order valence-electron chi connectivity index (χ3n) is 4.16. The third-order valence-corrected chi connectivity index (χ3v) is 5.01. The number of thiophene rings is 1. The van der Waals surface area contributed by atoms with Crippen LogP contribution in [-0.2, 0) is 6.54 Å². The maximum absolute atomic E-state index is 5.54. The van der Waals surface area contributed by atoms with Crippen molar-refractivity contribution in [3.8, 4) is 10.8 Å². The minimum atomic E-state index is 0.567. The van der Waals surface area contributed by atoms with Crippen molar-refractivity contribution in [2.24, 2.45) is 4.99 Å². The van der Waals surface area contributed by atoms with Crippen molar-refractivity contribution < 1.29 is 4.42 Å². The van der Waals surface area contributed by atoms with Gasteiger partial charge in [0.2, 0.25) is 5.89 Å². The molecule has 6 nitrogen and oxygen atoms in total. The number of nitrogens with zero attached hydrogens (tertiary/aromatic N) is 3. The molecule has 0 saturated heterocycles. The van der Waals surface area contributed by atoms with Crippen LogP contribution < -0.4 is 10.6 Å². The molecule has 2 N–H and O–H groups in total. The third kappa shape index (κ3) is 6.14. The predicted molar refractivity (Wildman–Crippen MR) is 110 cm³/mol. The Bertz CT molecular complexity index is 655. The molecule has 0 aliphatic rings. The Labute approximate surface area is 160 Å². The highest BCUT2D eigenvalue weighted by atomic mass is 32.1. The zero-order valence-electron chi connectivity index (χ0n) is 16.5. The average molecular weight is 378 g/mol. The quantitative estimate of drug-likeness (QED) is 0.397. The fourth-order valence-electron chi connectivity index (χ4n) is 2.88. The molecule has 0 unspecified atom stereocenters. The van der Waals surface area contributed by atoms with Crippen LogP contribution in [0.4, 0.5) is 0 Å². The van der Waals surface area contributed by atoms with Gasteiger partial charge in [-0.2, -0.15) is 0 Å². The van der Waals surface area contributed by atoms with Gasteiger partial charge in [0.15, 0.2) is 5.96 Å². The summed E-state index contributed by atoms with van der Waals surface area (Å²) in [7, 11) is 1.78. The standard InChI is InChI=1S/C19H31N5OS/c1-14(2)24(15(3)4)10-7-9-21-19(20-5)22-12-16-13-25-18(23-16)17-8-6-11-26-17/h6,8,11,13-15H,7,9-10,12H2,1-5H3,(H2,20,21,22). The fourth-order valence-corrected chi connectivity index (χ4v) is 3.53. The Morgan fingerprint density at radius 2 is 2.04 bits per heavy atom. The first-order chi connectivity index (χ1) is 12.5. The SMILES string of the molecule is CN=C(NCCCN(C(C)C)C(C)C)NCc1coc(-c2cccs2)n1. The number of oxazole rings is 1. The van der Waals surface area contributed by atoms with Crippen LogP contribution >= 0.6 is 11.3 Å².